The molecular formula is C42H55N5O9S. The second kappa shape index (κ2) is 14.8. The van der Waals surface area contributed by atoms with Crippen molar-refractivity contribution in [2.75, 3.05) is 13.2 Å². The summed E-state index contributed by atoms with van der Waals surface area (Å²) in [5, 5.41) is 15.3. The highest BCUT2D eigenvalue weighted by atomic mass is 32.2. The van der Waals surface area contributed by atoms with Crippen LogP contribution >= 0.6 is 0 Å². The molecule has 4 saturated carbocycles. The molecule has 57 heavy (non-hydrogen) atoms. The van der Waals surface area contributed by atoms with Crippen molar-refractivity contribution >= 4 is 44.6 Å². The normalized spacial score (nSPS) is 35.0. The number of nitrogens with one attached hydrogen (secondary N) is 2. The molecule has 1 saturated heterocycles. The van der Waals surface area contributed by atoms with Crippen molar-refractivity contribution in [2.45, 2.75) is 126 Å². The fraction of sp³-hybridized carbons (Fsp3) is 0.643. The molecule has 15 heteroatoms. The predicted octanol–water partition coefficient (Wildman–Crippen LogP) is 5.01. The second-order valence-electron chi connectivity index (χ2n) is 17.9. The lowest BCUT2D eigenvalue weighted by molar-refractivity contribution is -0.145. The van der Waals surface area contributed by atoms with Crippen LogP contribution in [0.15, 0.2) is 42.6 Å². The van der Waals surface area contributed by atoms with Gasteiger partial charge < -0.3 is 24.8 Å². The van der Waals surface area contributed by atoms with Crippen molar-refractivity contribution in [3.8, 4) is 11.6 Å². The molecule has 8 rings (SSSR count). The maximum atomic E-state index is 15.2. The lowest BCUT2D eigenvalue weighted by Crippen LogP contribution is -2.61. The number of pyridine rings is 1. The van der Waals surface area contributed by atoms with Crippen LogP contribution in [0.1, 0.15) is 91.9 Å². The number of fused-ring (bicyclic) bond motifs is 4. The van der Waals surface area contributed by atoms with Crippen LogP contribution in [0.25, 0.3) is 10.8 Å². The van der Waals surface area contributed by atoms with E-state index in [1.54, 1.807) is 13.1 Å². The van der Waals surface area contributed by atoms with E-state index in [-0.39, 0.29) is 37.3 Å². The molecule has 0 radical (unpaired) electrons. The molecule has 10 atom stereocenters. The van der Waals surface area contributed by atoms with E-state index in [9.17, 15) is 27.9 Å². The molecule has 1 aromatic heterocycles. The molecule has 0 bridgehead atoms. The fourth-order valence-corrected chi connectivity index (χ4v) is 11.1. The summed E-state index contributed by atoms with van der Waals surface area (Å²) in [7, 11) is -4.01. The maximum Gasteiger partial charge on any atom is 0.408 e. The third kappa shape index (κ3) is 7.56. The quantitative estimate of drug-likeness (QED) is 0.291. The molecule has 0 spiro atoms. The first-order valence-electron chi connectivity index (χ1n) is 20.7. The van der Waals surface area contributed by atoms with Gasteiger partial charge in [0, 0.05) is 30.0 Å². The average Bonchev–Trinajstić information content (AvgIpc) is 4.12. The van der Waals surface area contributed by atoms with Gasteiger partial charge in [0.25, 0.3) is 5.91 Å². The number of carboxylic acid groups (broad SMARTS) is 1. The van der Waals surface area contributed by atoms with Gasteiger partial charge >= 0.3 is 6.09 Å². The Morgan fingerprint density at radius 2 is 1.84 bits per heavy atom. The minimum Gasteiger partial charge on any atom is -0.494 e. The van der Waals surface area contributed by atoms with Gasteiger partial charge in [-0.3, -0.25) is 24.0 Å². The van der Waals surface area contributed by atoms with E-state index in [0.29, 0.717) is 74.0 Å². The minimum absolute atomic E-state index is 0.0244. The van der Waals surface area contributed by atoms with E-state index in [2.05, 4.69) is 21.9 Å². The molecule has 6 aliphatic rings. The molecule has 3 N–H and O–H groups in total. The first kappa shape index (κ1) is 39.4. The maximum absolute atomic E-state index is 15.2. The number of benzene rings is 1. The van der Waals surface area contributed by atoms with E-state index in [4.69, 9.17) is 9.47 Å². The van der Waals surface area contributed by atoms with Gasteiger partial charge in [-0.1, -0.05) is 26.0 Å². The molecule has 3 heterocycles. The monoisotopic (exact) mass is 805 g/mol. The Hall–Kier alpha value is -4.40. The number of carbonyl (C=O) groups excluding carboxylic acids is 3. The van der Waals surface area contributed by atoms with Gasteiger partial charge in [-0.05, 0) is 125 Å². The highest BCUT2D eigenvalue weighted by Gasteiger charge is 2.63. The Kier molecular flexibility index (Phi) is 10.2. The van der Waals surface area contributed by atoms with Crippen molar-refractivity contribution in [3.05, 3.63) is 42.6 Å². The molecule has 5 fully saturated rings. The number of aromatic nitrogens is 1. The van der Waals surface area contributed by atoms with E-state index >= 15 is 4.79 Å². The fourth-order valence-electron chi connectivity index (χ4n) is 9.82. The van der Waals surface area contributed by atoms with Crippen LogP contribution in [0.2, 0.25) is 0 Å². The number of hydrogen-bond donors (Lipinski definition) is 3. The van der Waals surface area contributed by atoms with Crippen LogP contribution in [0.4, 0.5) is 4.79 Å². The van der Waals surface area contributed by atoms with Gasteiger partial charge in [0.1, 0.15) is 29.5 Å². The van der Waals surface area contributed by atoms with Crippen molar-refractivity contribution in [1.29, 1.82) is 0 Å². The summed E-state index contributed by atoms with van der Waals surface area (Å²) in [5.74, 6) is -0.626. The molecule has 4 aliphatic carbocycles. The molecule has 2 aromatic rings. The van der Waals surface area contributed by atoms with Gasteiger partial charge in [0.2, 0.25) is 27.7 Å². The number of amides is 4. The van der Waals surface area contributed by atoms with Crippen molar-refractivity contribution in [3.63, 3.8) is 0 Å². The topological polar surface area (TPSA) is 185 Å². The number of carbonyl (C=O) groups is 4. The van der Waals surface area contributed by atoms with Crippen LogP contribution < -0.4 is 19.5 Å². The van der Waals surface area contributed by atoms with Crippen LogP contribution in [0.3, 0.4) is 0 Å². The van der Waals surface area contributed by atoms with E-state index in [1.807, 2.05) is 50.3 Å². The van der Waals surface area contributed by atoms with Crippen molar-refractivity contribution in [1.82, 2.24) is 24.8 Å². The van der Waals surface area contributed by atoms with Crippen LogP contribution in [0, 0.1) is 29.6 Å². The Labute approximate surface area is 334 Å². The number of hydrogen-bond acceptors (Lipinski definition) is 9. The molecule has 1 aromatic carbocycles. The summed E-state index contributed by atoms with van der Waals surface area (Å²) < 4.78 is 40.0. The van der Waals surface area contributed by atoms with E-state index < -0.39 is 68.2 Å². The van der Waals surface area contributed by atoms with E-state index in [0.717, 1.165) is 18.2 Å². The number of ether oxygens (including phenoxy) is 2. The van der Waals surface area contributed by atoms with Gasteiger partial charge in [-0.2, -0.15) is 0 Å². The number of allylic oxidation sites excluding steroid dienone is 1. The molecule has 2 aliphatic heterocycles. The zero-order chi connectivity index (χ0) is 40.4. The average molecular weight is 806 g/mol. The third-order valence-corrected chi connectivity index (χ3v) is 15.8. The molecule has 4 amide bonds. The minimum atomic E-state index is -4.01. The zero-order valence-electron chi connectivity index (χ0n) is 33.2. The highest BCUT2D eigenvalue weighted by molar-refractivity contribution is 7.91. The van der Waals surface area contributed by atoms with Crippen LogP contribution in [-0.2, 0) is 24.4 Å². The third-order valence-electron chi connectivity index (χ3n) is 13.6. The number of nitrogens with zero attached hydrogens (tertiary/aromatic N) is 3. The Balaban J connectivity index is 1.15. The summed E-state index contributed by atoms with van der Waals surface area (Å²) in [4.78, 5) is 64.5. The van der Waals surface area contributed by atoms with Crippen molar-refractivity contribution in [2.24, 2.45) is 29.6 Å². The Morgan fingerprint density at radius 1 is 1.09 bits per heavy atom. The standard InChI is InChI=1S/C42H55N5O9S/c1-5-55-31-10-11-33-26(20-31)12-15-43-37(33)56-32-21-34-36(48)44-42(39(50)45-57(53,54)41(4)13-14-41)22-29(42)9-7-6-8-24(2)16-25(3)35(38(49)46(34)23-32)47(40(51)52)30-18-27-17-28(27)19-30/h7,9-12,15,20,24-25,27-30,32,34-35H,5-6,8,13-14,16-19,21-23H2,1-4H3,(H,44,48)(H,45,50)(H,51,52)/b9-7-/t24-,25+,27-,28+,29+,30-,32+,34-,35-,42+/m0/s1. The van der Waals surface area contributed by atoms with Crippen LogP contribution in [-0.4, -0.2) is 99.8 Å². The summed E-state index contributed by atoms with van der Waals surface area (Å²) >= 11 is 0. The highest BCUT2D eigenvalue weighted by Crippen LogP contribution is 2.54. The summed E-state index contributed by atoms with van der Waals surface area (Å²) in [6, 6.07) is 4.91. The van der Waals surface area contributed by atoms with Crippen LogP contribution in [0.5, 0.6) is 11.6 Å². The largest absolute Gasteiger partial charge is 0.494 e. The summed E-state index contributed by atoms with van der Waals surface area (Å²) in [6.45, 7) is 8.01. The summed E-state index contributed by atoms with van der Waals surface area (Å²) in [5.41, 5.74) is -1.54. The predicted molar refractivity (Wildman–Crippen MR) is 211 cm³/mol. The van der Waals surface area contributed by atoms with Crippen molar-refractivity contribution < 1.29 is 42.2 Å². The first-order valence-corrected chi connectivity index (χ1v) is 22.2. The lowest BCUT2D eigenvalue weighted by atomic mass is 9.86. The Bertz CT molecular complexity index is 2080. The summed E-state index contributed by atoms with van der Waals surface area (Å²) in [6.07, 6.45) is 9.25. The first-order chi connectivity index (χ1) is 27.1. The second-order valence-corrected chi connectivity index (χ2v) is 20.1. The molecule has 308 valence electrons. The molecule has 14 nitrogen and oxygen atoms in total. The SMILES string of the molecule is CCOc1ccc2c(O[C@@H]3C[C@H]4C(=O)N[C@]5(C(=O)NS(=O)(=O)C6(C)CC6)C[C@H]5/C=C\CC[C@H](C)C[C@@H](C)[C@H](N(C(=O)O)[C@@H]5C[C@H]6C[C@H]6C5)C(=O)N4C3)nccc2c1. The van der Waals surface area contributed by atoms with E-state index in [1.165, 1.54) is 9.80 Å². The number of sulfonamides is 1. The van der Waals surface area contributed by atoms with Gasteiger partial charge in [-0.25, -0.2) is 18.2 Å². The van der Waals surface area contributed by atoms with Gasteiger partial charge in [0.05, 0.1) is 17.9 Å². The smallest absolute Gasteiger partial charge is 0.408 e. The Morgan fingerprint density at radius 3 is 2.54 bits per heavy atom. The lowest BCUT2D eigenvalue weighted by Gasteiger charge is -2.40. The zero-order valence-corrected chi connectivity index (χ0v) is 34.0. The molecule has 0 unspecified atom stereocenters. The molecular weight excluding hydrogens is 751 g/mol. The van der Waals surface area contributed by atoms with Gasteiger partial charge in [0.15, 0.2) is 0 Å². The number of rotatable bonds is 9. The van der Waals surface area contributed by atoms with Gasteiger partial charge in [-0.15, -0.1) is 0 Å².